The second kappa shape index (κ2) is 8.62. The number of rotatable bonds is 6. The van der Waals surface area contributed by atoms with Gasteiger partial charge < -0.3 is 10.1 Å². The van der Waals surface area contributed by atoms with Crippen LogP contribution in [0.2, 0.25) is 0 Å². The Kier molecular flexibility index (Phi) is 6.25. The van der Waals surface area contributed by atoms with E-state index in [9.17, 15) is 9.59 Å². The Balaban J connectivity index is 1.42. The number of carbonyl (C=O) groups excluding carboxylic acids is 2. The van der Waals surface area contributed by atoms with Gasteiger partial charge in [-0.3, -0.25) is 9.59 Å². The van der Waals surface area contributed by atoms with E-state index in [0.717, 1.165) is 34.5 Å². The van der Waals surface area contributed by atoms with Crippen molar-refractivity contribution in [3.8, 4) is 0 Å². The van der Waals surface area contributed by atoms with E-state index in [1.165, 1.54) is 35.8 Å². The number of hydrogen-bond acceptors (Lipinski definition) is 7. The summed E-state index contributed by atoms with van der Waals surface area (Å²) in [6.45, 7) is 1.93. The highest BCUT2D eigenvalue weighted by Gasteiger charge is 2.23. The van der Waals surface area contributed by atoms with Crippen molar-refractivity contribution in [1.29, 1.82) is 0 Å². The van der Waals surface area contributed by atoms with Crippen LogP contribution in [0.5, 0.6) is 0 Å². The third kappa shape index (κ3) is 4.92. The second-order valence-electron chi connectivity index (χ2n) is 6.20. The van der Waals surface area contributed by atoms with Gasteiger partial charge in [0, 0.05) is 11.4 Å². The van der Waals surface area contributed by atoms with Gasteiger partial charge in [-0.1, -0.05) is 31.5 Å². The third-order valence-electron chi connectivity index (χ3n) is 4.37. The normalized spacial score (nSPS) is 20.4. The van der Waals surface area contributed by atoms with Crippen molar-refractivity contribution < 1.29 is 14.3 Å². The number of nitrogens with zero attached hydrogens (tertiary/aromatic N) is 2. The SMILES string of the molecule is C[C@@H]1CCCC[C@H]1NC(=O)COC(=O)CSc1ncnc2sccc12. The van der Waals surface area contributed by atoms with Crippen LogP contribution in [0, 0.1) is 5.92 Å². The molecule has 3 rings (SSSR count). The molecular weight excluding hydrogens is 358 g/mol. The first kappa shape index (κ1) is 18.1. The number of thiophene rings is 1. The van der Waals surface area contributed by atoms with Crippen LogP contribution in [0.3, 0.4) is 0 Å². The first-order valence-corrected chi connectivity index (χ1v) is 10.3. The molecule has 1 fully saturated rings. The van der Waals surface area contributed by atoms with E-state index in [4.69, 9.17) is 4.74 Å². The van der Waals surface area contributed by atoms with Gasteiger partial charge in [-0.05, 0) is 30.2 Å². The van der Waals surface area contributed by atoms with E-state index >= 15 is 0 Å². The molecule has 6 nitrogen and oxygen atoms in total. The average molecular weight is 380 g/mol. The number of nitrogens with one attached hydrogen (secondary N) is 1. The van der Waals surface area contributed by atoms with Gasteiger partial charge >= 0.3 is 5.97 Å². The lowest BCUT2D eigenvalue weighted by atomic mass is 9.86. The topological polar surface area (TPSA) is 81.2 Å². The number of aromatic nitrogens is 2. The molecule has 1 aliphatic rings. The van der Waals surface area contributed by atoms with E-state index in [-0.39, 0.29) is 24.3 Å². The Labute approximate surface area is 154 Å². The van der Waals surface area contributed by atoms with Gasteiger partial charge in [0.1, 0.15) is 16.2 Å². The summed E-state index contributed by atoms with van der Waals surface area (Å²) in [7, 11) is 0. The van der Waals surface area contributed by atoms with Crippen molar-refractivity contribution >= 4 is 45.2 Å². The molecular formula is C17H21N3O3S2. The van der Waals surface area contributed by atoms with Gasteiger partial charge in [0.15, 0.2) is 6.61 Å². The molecule has 1 amide bonds. The van der Waals surface area contributed by atoms with Crippen molar-refractivity contribution in [2.75, 3.05) is 12.4 Å². The molecule has 0 radical (unpaired) electrons. The number of fused-ring (bicyclic) bond motifs is 1. The van der Waals surface area contributed by atoms with E-state index in [1.54, 1.807) is 0 Å². The molecule has 0 spiro atoms. The number of esters is 1. The van der Waals surface area contributed by atoms with Crippen LogP contribution in [0.25, 0.3) is 10.2 Å². The Hall–Kier alpha value is -1.67. The minimum Gasteiger partial charge on any atom is -0.455 e. The zero-order valence-corrected chi connectivity index (χ0v) is 15.7. The highest BCUT2D eigenvalue weighted by atomic mass is 32.2. The number of thioether (sulfide) groups is 1. The summed E-state index contributed by atoms with van der Waals surface area (Å²) >= 11 is 2.83. The Morgan fingerprint density at radius 2 is 2.20 bits per heavy atom. The van der Waals surface area contributed by atoms with Crippen LogP contribution in [0.15, 0.2) is 22.8 Å². The minimum absolute atomic E-state index is 0.120. The number of amides is 1. The van der Waals surface area contributed by atoms with Crippen LogP contribution in [-0.2, 0) is 14.3 Å². The van der Waals surface area contributed by atoms with Crippen LogP contribution in [-0.4, -0.2) is 40.2 Å². The summed E-state index contributed by atoms with van der Waals surface area (Å²) < 4.78 is 5.08. The van der Waals surface area contributed by atoms with Crippen molar-refractivity contribution in [3.05, 3.63) is 17.8 Å². The summed E-state index contributed by atoms with van der Waals surface area (Å²) in [5.74, 6) is -0.0392. The fraction of sp³-hybridized carbons (Fsp3) is 0.529. The average Bonchev–Trinajstić information content (AvgIpc) is 3.09. The molecule has 0 bridgehead atoms. The Bertz CT molecular complexity index is 750. The fourth-order valence-electron chi connectivity index (χ4n) is 2.98. The van der Waals surface area contributed by atoms with Crippen molar-refractivity contribution in [2.45, 2.75) is 43.7 Å². The fourth-order valence-corrected chi connectivity index (χ4v) is 4.55. The molecule has 2 atom stereocenters. The van der Waals surface area contributed by atoms with Gasteiger partial charge in [-0.25, -0.2) is 9.97 Å². The highest BCUT2D eigenvalue weighted by molar-refractivity contribution is 8.00. The lowest BCUT2D eigenvalue weighted by Crippen LogP contribution is -2.43. The van der Waals surface area contributed by atoms with Gasteiger partial charge in [-0.2, -0.15) is 0 Å². The maximum atomic E-state index is 12.0. The summed E-state index contributed by atoms with van der Waals surface area (Å²) in [6.07, 6.45) is 5.99. The summed E-state index contributed by atoms with van der Waals surface area (Å²) in [4.78, 5) is 33.1. The predicted octanol–water partition coefficient (Wildman–Crippen LogP) is 3.02. The molecule has 8 heteroatoms. The smallest absolute Gasteiger partial charge is 0.316 e. The van der Waals surface area contributed by atoms with Crippen LogP contribution in [0.4, 0.5) is 0 Å². The molecule has 1 N–H and O–H groups in total. The zero-order chi connectivity index (χ0) is 17.6. The maximum absolute atomic E-state index is 12.0. The molecule has 1 aliphatic carbocycles. The van der Waals surface area contributed by atoms with Gasteiger partial charge in [0.25, 0.3) is 5.91 Å². The molecule has 2 aromatic heterocycles. The van der Waals surface area contributed by atoms with Crippen LogP contribution in [0.1, 0.15) is 32.6 Å². The van der Waals surface area contributed by atoms with Gasteiger partial charge in [0.05, 0.1) is 5.75 Å². The van der Waals surface area contributed by atoms with Crippen molar-refractivity contribution in [2.24, 2.45) is 5.92 Å². The molecule has 2 heterocycles. The summed E-state index contributed by atoms with van der Waals surface area (Å²) in [6, 6.07) is 2.13. The second-order valence-corrected chi connectivity index (χ2v) is 8.06. The van der Waals surface area contributed by atoms with Gasteiger partial charge in [-0.15, -0.1) is 11.3 Å². The van der Waals surface area contributed by atoms with E-state index in [2.05, 4.69) is 22.2 Å². The molecule has 0 saturated heterocycles. The summed E-state index contributed by atoms with van der Waals surface area (Å²) in [5, 5.41) is 6.61. The molecule has 1 saturated carbocycles. The Morgan fingerprint density at radius 1 is 1.36 bits per heavy atom. The number of carbonyl (C=O) groups is 2. The lowest BCUT2D eigenvalue weighted by molar-refractivity contribution is -0.146. The third-order valence-corrected chi connectivity index (χ3v) is 6.17. The maximum Gasteiger partial charge on any atom is 0.316 e. The quantitative estimate of drug-likeness (QED) is 0.472. The van der Waals surface area contributed by atoms with Crippen molar-refractivity contribution in [3.63, 3.8) is 0 Å². The molecule has 0 aliphatic heterocycles. The summed E-state index contributed by atoms with van der Waals surface area (Å²) in [5.41, 5.74) is 0. The zero-order valence-electron chi connectivity index (χ0n) is 14.1. The molecule has 2 aromatic rings. The van der Waals surface area contributed by atoms with Crippen molar-refractivity contribution in [1.82, 2.24) is 15.3 Å². The first-order valence-electron chi connectivity index (χ1n) is 8.39. The van der Waals surface area contributed by atoms with Crippen LogP contribution < -0.4 is 5.32 Å². The van der Waals surface area contributed by atoms with Crippen LogP contribution >= 0.6 is 23.1 Å². The lowest BCUT2D eigenvalue weighted by Gasteiger charge is -2.29. The van der Waals surface area contributed by atoms with E-state index in [1.807, 2.05) is 11.4 Å². The molecule has 134 valence electrons. The standard InChI is InChI=1S/C17H21N3O3S2/c1-11-4-2-3-5-13(11)20-14(21)8-23-15(22)9-25-17-12-6-7-24-16(12)18-10-19-17/h6-7,10-11,13H,2-5,8-9H2,1H3,(H,20,21)/t11-,13-/m1/s1. The molecule has 25 heavy (non-hydrogen) atoms. The predicted molar refractivity (Wildman–Crippen MR) is 98.7 cm³/mol. The minimum atomic E-state index is -0.418. The molecule has 0 unspecified atom stereocenters. The van der Waals surface area contributed by atoms with E-state index < -0.39 is 5.97 Å². The molecule has 0 aromatic carbocycles. The van der Waals surface area contributed by atoms with E-state index in [0.29, 0.717) is 5.92 Å². The van der Waals surface area contributed by atoms with Gasteiger partial charge in [0.2, 0.25) is 0 Å². The number of ether oxygens (including phenoxy) is 1. The highest BCUT2D eigenvalue weighted by Crippen LogP contribution is 2.27. The monoisotopic (exact) mass is 379 g/mol. The Morgan fingerprint density at radius 3 is 3.04 bits per heavy atom. The first-order chi connectivity index (χ1) is 12.1. The number of hydrogen-bond donors (Lipinski definition) is 1. The largest absolute Gasteiger partial charge is 0.455 e.